The Labute approximate surface area is 167 Å². The van der Waals surface area contributed by atoms with Crippen LogP contribution in [0, 0.1) is 13.8 Å². The van der Waals surface area contributed by atoms with Crippen LogP contribution in [-0.2, 0) is 11.8 Å². The first-order valence-corrected chi connectivity index (χ1v) is 9.16. The zero-order chi connectivity index (χ0) is 18.7. The fourth-order valence-electron chi connectivity index (χ4n) is 3.41. The number of carbonyl (C=O) groups excluding carboxylic acids is 1. The lowest BCUT2D eigenvalue weighted by Crippen LogP contribution is -2.46. The number of amides is 1. The minimum Gasteiger partial charge on any atom is -0.490 e. The summed E-state index contributed by atoms with van der Waals surface area (Å²) >= 11 is 0. The number of likely N-dealkylation sites (tertiary alicyclic amines) is 1. The van der Waals surface area contributed by atoms with Crippen molar-refractivity contribution in [3.05, 3.63) is 47.3 Å². The van der Waals surface area contributed by atoms with E-state index in [9.17, 15) is 4.79 Å². The summed E-state index contributed by atoms with van der Waals surface area (Å²) < 4.78 is 7.92. The molecule has 1 aliphatic heterocycles. The zero-order valence-corrected chi connectivity index (χ0v) is 17.3. The first-order chi connectivity index (χ1) is 12.5. The second-order valence-electron chi connectivity index (χ2n) is 7.08. The zero-order valence-electron chi connectivity index (χ0n) is 16.4. The van der Waals surface area contributed by atoms with Crippen molar-refractivity contribution in [2.75, 3.05) is 20.1 Å². The lowest BCUT2D eigenvalue weighted by molar-refractivity contribution is -0.135. The molecule has 6 nitrogen and oxygen atoms in total. The highest BCUT2D eigenvalue weighted by atomic mass is 35.5. The van der Waals surface area contributed by atoms with Crippen LogP contribution in [0.4, 0.5) is 0 Å². The highest BCUT2D eigenvalue weighted by Crippen LogP contribution is 2.25. The molecule has 148 valence electrons. The highest BCUT2D eigenvalue weighted by Gasteiger charge is 2.29. The van der Waals surface area contributed by atoms with E-state index in [1.54, 1.807) is 10.9 Å². The van der Waals surface area contributed by atoms with E-state index in [2.05, 4.69) is 42.5 Å². The molecule has 1 atom stereocenters. The minimum atomic E-state index is -0.347. The third-order valence-electron chi connectivity index (χ3n) is 4.98. The van der Waals surface area contributed by atoms with Gasteiger partial charge in [0.2, 0.25) is 5.91 Å². The number of piperidine rings is 1. The van der Waals surface area contributed by atoms with E-state index in [0.29, 0.717) is 13.1 Å². The number of benzene rings is 1. The Morgan fingerprint density at radius 1 is 1.30 bits per heavy atom. The lowest BCUT2D eigenvalue weighted by Gasteiger charge is -2.34. The van der Waals surface area contributed by atoms with E-state index in [0.717, 1.165) is 29.7 Å². The van der Waals surface area contributed by atoms with Crippen LogP contribution in [0.25, 0.3) is 0 Å². The van der Waals surface area contributed by atoms with Gasteiger partial charge in [0.25, 0.3) is 0 Å². The largest absolute Gasteiger partial charge is 0.490 e. The molecule has 0 bridgehead atoms. The molecular formula is C20H29ClN4O2. The van der Waals surface area contributed by atoms with Crippen LogP contribution in [0.3, 0.4) is 0 Å². The third kappa shape index (κ3) is 5.02. The van der Waals surface area contributed by atoms with Crippen LogP contribution in [-0.4, -0.2) is 46.8 Å². The van der Waals surface area contributed by atoms with Crippen molar-refractivity contribution in [3.8, 4) is 5.75 Å². The van der Waals surface area contributed by atoms with Crippen LogP contribution in [0.2, 0.25) is 0 Å². The van der Waals surface area contributed by atoms with Crippen molar-refractivity contribution in [3.63, 3.8) is 0 Å². The van der Waals surface area contributed by atoms with Gasteiger partial charge in [-0.3, -0.25) is 9.48 Å². The number of carbonyl (C=O) groups is 1. The summed E-state index contributed by atoms with van der Waals surface area (Å²) in [5, 5.41) is 7.29. The Hall–Kier alpha value is -2.05. The summed E-state index contributed by atoms with van der Waals surface area (Å²) in [5.74, 6) is 1.06. The van der Waals surface area contributed by atoms with E-state index in [1.165, 1.54) is 5.56 Å². The molecule has 27 heavy (non-hydrogen) atoms. The Balaban J connectivity index is 0.00000261. The van der Waals surface area contributed by atoms with E-state index in [1.807, 2.05) is 25.2 Å². The normalized spacial score (nSPS) is 15.9. The SMILES string of the molecule is CNC(C(=O)N1CCC(Oc2cc(C)ccc2C)CC1)c1cnn(C)c1.Cl. The van der Waals surface area contributed by atoms with Gasteiger partial charge >= 0.3 is 0 Å². The number of rotatable bonds is 5. The Morgan fingerprint density at radius 2 is 2.00 bits per heavy atom. The number of likely N-dealkylation sites (N-methyl/N-ethyl adjacent to an activating group) is 1. The second kappa shape index (κ2) is 9.24. The quantitative estimate of drug-likeness (QED) is 0.850. The number of hydrogen-bond acceptors (Lipinski definition) is 4. The number of nitrogens with one attached hydrogen (secondary N) is 1. The summed E-state index contributed by atoms with van der Waals surface area (Å²) in [5.41, 5.74) is 3.25. The van der Waals surface area contributed by atoms with Gasteiger partial charge in [0.15, 0.2) is 0 Å². The summed E-state index contributed by atoms with van der Waals surface area (Å²) in [6, 6.07) is 5.93. The number of hydrogen-bond donors (Lipinski definition) is 1. The molecule has 1 amide bonds. The highest BCUT2D eigenvalue weighted by molar-refractivity contribution is 5.85. The molecule has 0 radical (unpaired) electrons. The van der Waals surface area contributed by atoms with Gasteiger partial charge in [0, 0.05) is 44.7 Å². The van der Waals surface area contributed by atoms with Gasteiger partial charge in [-0.15, -0.1) is 12.4 Å². The fourth-order valence-corrected chi connectivity index (χ4v) is 3.41. The van der Waals surface area contributed by atoms with Gasteiger partial charge < -0.3 is 15.0 Å². The maximum atomic E-state index is 12.9. The van der Waals surface area contributed by atoms with Crippen LogP contribution < -0.4 is 10.1 Å². The van der Waals surface area contributed by atoms with Crippen molar-refractivity contribution in [1.82, 2.24) is 20.0 Å². The number of nitrogens with zero attached hydrogens (tertiary/aromatic N) is 3. The first-order valence-electron chi connectivity index (χ1n) is 9.16. The van der Waals surface area contributed by atoms with Gasteiger partial charge in [0.05, 0.1) is 6.20 Å². The van der Waals surface area contributed by atoms with Crippen LogP contribution in [0.1, 0.15) is 35.6 Å². The fraction of sp³-hybridized carbons (Fsp3) is 0.500. The van der Waals surface area contributed by atoms with E-state index in [4.69, 9.17) is 4.74 Å². The average molecular weight is 393 g/mol. The van der Waals surface area contributed by atoms with Crippen LogP contribution in [0.15, 0.2) is 30.6 Å². The Kier molecular flexibility index (Phi) is 7.27. The van der Waals surface area contributed by atoms with Gasteiger partial charge in [-0.25, -0.2) is 0 Å². The molecule has 2 aromatic rings. The predicted octanol–water partition coefficient (Wildman–Crippen LogP) is 2.79. The lowest BCUT2D eigenvalue weighted by atomic mass is 10.0. The van der Waals surface area contributed by atoms with E-state index in [-0.39, 0.29) is 30.5 Å². The third-order valence-corrected chi connectivity index (χ3v) is 4.98. The van der Waals surface area contributed by atoms with Gasteiger partial charge in [0.1, 0.15) is 17.9 Å². The molecule has 7 heteroatoms. The molecule has 0 aliphatic carbocycles. The molecule has 0 saturated carbocycles. The number of aryl methyl sites for hydroxylation is 3. The van der Waals surface area contributed by atoms with Crippen molar-refractivity contribution in [2.45, 2.75) is 38.8 Å². The maximum absolute atomic E-state index is 12.9. The van der Waals surface area contributed by atoms with Gasteiger partial charge in [-0.1, -0.05) is 12.1 Å². The molecule has 2 heterocycles. The second-order valence-corrected chi connectivity index (χ2v) is 7.08. The summed E-state index contributed by atoms with van der Waals surface area (Å²) in [6.45, 7) is 5.57. The molecular weight excluding hydrogens is 364 g/mol. The molecule has 1 aromatic heterocycles. The van der Waals surface area contributed by atoms with Crippen LogP contribution >= 0.6 is 12.4 Å². The molecule has 1 aromatic carbocycles. The van der Waals surface area contributed by atoms with E-state index >= 15 is 0 Å². The first kappa shape index (κ1) is 21.3. The Morgan fingerprint density at radius 3 is 2.59 bits per heavy atom. The number of aromatic nitrogens is 2. The average Bonchev–Trinajstić information content (AvgIpc) is 3.05. The number of ether oxygens (including phenoxy) is 1. The smallest absolute Gasteiger partial charge is 0.244 e. The summed E-state index contributed by atoms with van der Waals surface area (Å²) in [7, 11) is 3.67. The molecule has 1 aliphatic rings. The summed E-state index contributed by atoms with van der Waals surface area (Å²) in [4.78, 5) is 14.8. The summed E-state index contributed by atoms with van der Waals surface area (Å²) in [6.07, 6.45) is 5.49. The van der Waals surface area contributed by atoms with Crippen LogP contribution in [0.5, 0.6) is 5.75 Å². The van der Waals surface area contributed by atoms with Crippen molar-refractivity contribution in [1.29, 1.82) is 0 Å². The van der Waals surface area contributed by atoms with Crippen molar-refractivity contribution >= 4 is 18.3 Å². The standard InChI is InChI=1S/C20H28N4O2.ClH/c1-14-5-6-15(2)18(11-14)26-17-7-9-24(10-8-17)20(25)19(21-3)16-12-22-23(4)13-16;/h5-6,11-13,17,19,21H,7-10H2,1-4H3;1H. The molecule has 1 saturated heterocycles. The monoisotopic (exact) mass is 392 g/mol. The topological polar surface area (TPSA) is 59.4 Å². The van der Waals surface area contributed by atoms with Gasteiger partial charge in [-0.2, -0.15) is 5.10 Å². The van der Waals surface area contributed by atoms with Crippen molar-refractivity contribution < 1.29 is 9.53 Å². The molecule has 1 unspecified atom stereocenters. The molecule has 1 fully saturated rings. The maximum Gasteiger partial charge on any atom is 0.244 e. The number of halogens is 1. The predicted molar refractivity (Wildman–Crippen MR) is 108 cm³/mol. The molecule has 3 rings (SSSR count). The molecule has 1 N–H and O–H groups in total. The molecule has 0 spiro atoms. The van der Waals surface area contributed by atoms with Gasteiger partial charge in [-0.05, 0) is 38.1 Å². The Bertz CT molecular complexity index is 769. The van der Waals surface area contributed by atoms with E-state index < -0.39 is 0 Å². The van der Waals surface area contributed by atoms with Crippen molar-refractivity contribution in [2.24, 2.45) is 7.05 Å². The minimum absolute atomic E-state index is 0.